The fourth-order valence-electron chi connectivity index (χ4n) is 2.38. The first-order valence-electron chi connectivity index (χ1n) is 7.27. The summed E-state index contributed by atoms with van der Waals surface area (Å²) < 4.78 is 32.4. The van der Waals surface area contributed by atoms with Crippen LogP contribution < -0.4 is 5.73 Å². The van der Waals surface area contributed by atoms with Crippen LogP contribution in [0.15, 0.2) is 53.3 Å². The van der Waals surface area contributed by atoms with Crippen molar-refractivity contribution in [2.75, 3.05) is 6.26 Å². The van der Waals surface area contributed by atoms with Gasteiger partial charge in [-0.15, -0.1) is 9.35 Å². The number of carbonyl (C=O) groups is 1. The molecule has 0 aliphatic rings. The fourth-order valence-corrected chi connectivity index (χ4v) is 2.79. The van der Waals surface area contributed by atoms with E-state index < -0.39 is 22.0 Å². The molecular formula is C16H14N4O5S. The number of aromatic nitrogens is 1. The van der Waals surface area contributed by atoms with E-state index >= 15 is 0 Å². The number of benzene rings is 2. The van der Waals surface area contributed by atoms with Crippen LogP contribution in [0.2, 0.25) is 0 Å². The van der Waals surface area contributed by atoms with Crippen LogP contribution in [0, 0.1) is 5.41 Å². The number of hydrogen-bond acceptors (Lipinski definition) is 7. The Morgan fingerprint density at radius 1 is 1.27 bits per heavy atom. The minimum atomic E-state index is -4.04. The molecule has 9 nitrogen and oxygen atoms in total. The minimum absolute atomic E-state index is 0.0850. The predicted octanol–water partition coefficient (Wildman–Crippen LogP) is 1.72. The molecule has 0 spiro atoms. The second-order valence-corrected chi connectivity index (χ2v) is 6.91. The van der Waals surface area contributed by atoms with Gasteiger partial charge in [0.15, 0.2) is 12.0 Å². The molecule has 0 aliphatic heterocycles. The Morgan fingerprint density at radius 3 is 2.69 bits per heavy atom. The Morgan fingerprint density at radius 2 is 2.00 bits per heavy atom. The molecule has 0 atom stereocenters. The zero-order valence-corrected chi connectivity index (χ0v) is 14.4. The van der Waals surface area contributed by atoms with Crippen LogP contribution in [-0.2, 0) is 14.4 Å². The molecule has 3 aromatic rings. The first-order valence-corrected chi connectivity index (χ1v) is 9.08. The summed E-state index contributed by atoms with van der Waals surface area (Å²) >= 11 is 0. The van der Waals surface area contributed by atoms with Gasteiger partial charge < -0.3 is 10.2 Å². The van der Waals surface area contributed by atoms with Gasteiger partial charge in [-0.3, -0.25) is 10.2 Å². The number of guanidine groups is 1. The predicted molar refractivity (Wildman–Crippen MR) is 93.5 cm³/mol. The number of nitrogens with zero attached hydrogens (tertiary/aromatic N) is 2. The van der Waals surface area contributed by atoms with Gasteiger partial charge in [-0.2, -0.15) is 8.42 Å². The maximum Gasteiger partial charge on any atom is 0.286 e. The monoisotopic (exact) mass is 374 g/mol. The highest BCUT2D eigenvalue weighted by molar-refractivity contribution is 7.85. The number of carbonyl (C=O) groups excluding carboxylic acids is 1. The van der Waals surface area contributed by atoms with Gasteiger partial charge in [-0.1, -0.05) is 24.3 Å². The number of hydrogen-bond donors (Lipinski definition) is 2. The SMILES string of the molecule is CS(=O)(=O)ON(C(=N)N)C(=O)c1cccc(-c2cccc3ocnc23)c1. The molecule has 1 amide bonds. The maximum atomic E-state index is 12.5. The van der Waals surface area contributed by atoms with E-state index in [9.17, 15) is 13.2 Å². The van der Waals surface area contributed by atoms with Crippen molar-refractivity contribution in [3.8, 4) is 11.1 Å². The van der Waals surface area contributed by atoms with Crippen LogP contribution in [0.1, 0.15) is 10.4 Å². The van der Waals surface area contributed by atoms with E-state index in [-0.39, 0.29) is 10.6 Å². The summed E-state index contributed by atoms with van der Waals surface area (Å²) in [6.45, 7) is 0. The lowest BCUT2D eigenvalue weighted by molar-refractivity contribution is 0.0201. The Kier molecular flexibility index (Phi) is 4.45. The average molecular weight is 374 g/mol. The van der Waals surface area contributed by atoms with Gasteiger partial charge >= 0.3 is 0 Å². The summed E-state index contributed by atoms with van der Waals surface area (Å²) in [5.74, 6) is -1.75. The third kappa shape index (κ3) is 3.55. The zero-order valence-electron chi connectivity index (χ0n) is 13.5. The highest BCUT2D eigenvalue weighted by Gasteiger charge is 2.24. The molecule has 0 aliphatic carbocycles. The summed E-state index contributed by atoms with van der Waals surface area (Å²) in [5.41, 5.74) is 7.94. The minimum Gasteiger partial charge on any atom is -0.443 e. The molecule has 0 radical (unpaired) electrons. The first-order chi connectivity index (χ1) is 12.3. The lowest BCUT2D eigenvalue weighted by Gasteiger charge is -2.18. The molecule has 1 aromatic heterocycles. The van der Waals surface area contributed by atoms with Crippen LogP contribution >= 0.6 is 0 Å². The standard InChI is InChI=1S/C16H14N4O5S/c1-26(22,23)25-20(16(17)18)15(21)11-5-2-4-10(8-11)12-6-3-7-13-14(12)19-9-24-13/h2-9H,1H3,(H3,17,18). The molecule has 0 bridgehead atoms. The molecule has 134 valence electrons. The maximum absolute atomic E-state index is 12.5. The number of oxazole rings is 1. The van der Waals surface area contributed by atoms with Crippen LogP contribution in [0.3, 0.4) is 0 Å². The third-order valence-electron chi connectivity index (χ3n) is 3.39. The quantitative estimate of drug-likeness (QED) is 0.402. The van der Waals surface area contributed by atoms with Gasteiger partial charge in [0.25, 0.3) is 16.0 Å². The normalized spacial score (nSPS) is 11.4. The van der Waals surface area contributed by atoms with Crippen molar-refractivity contribution in [1.82, 2.24) is 10.0 Å². The molecule has 2 aromatic carbocycles. The van der Waals surface area contributed by atoms with Gasteiger partial charge in [0.2, 0.25) is 5.96 Å². The van der Waals surface area contributed by atoms with Gasteiger partial charge in [0.05, 0.1) is 6.26 Å². The summed E-state index contributed by atoms with van der Waals surface area (Å²) in [4.78, 5) is 16.7. The summed E-state index contributed by atoms with van der Waals surface area (Å²) in [5, 5.41) is 7.60. The highest BCUT2D eigenvalue weighted by Crippen LogP contribution is 2.28. The summed E-state index contributed by atoms with van der Waals surface area (Å²) in [6, 6.07) is 11.7. The Bertz CT molecular complexity index is 1110. The van der Waals surface area contributed by atoms with Gasteiger partial charge in [-0.25, -0.2) is 4.98 Å². The first kappa shape index (κ1) is 17.6. The topological polar surface area (TPSA) is 140 Å². The smallest absolute Gasteiger partial charge is 0.286 e. The molecule has 3 N–H and O–H groups in total. The highest BCUT2D eigenvalue weighted by atomic mass is 32.2. The van der Waals surface area contributed by atoms with E-state index in [1.807, 2.05) is 6.07 Å². The largest absolute Gasteiger partial charge is 0.443 e. The van der Waals surface area contributed by atoms with E-state index in [0.717, 1.165) is 11.8 Å². The summed E-state index contributed by atoms with van der Waals surface area (Å²) in [6.07, 6.45) is 2.07. The molecular weight excluding hydrogens is 360 g/mol. The second kappa shape index (κ2) is 6.58. The Hall–Kier alpha value is -3.24. The average Bonchev–Trinajstić information content (AvgIpc) is 3.07. The molecule has 0 fully saturated rings. The van der Waals surface area contributed by atoms with Gasteiger partial charge in [-0.05, 0) is 23.8 Å². The fraction of sp³-hybridized carbons (Fsp3) is 0.0625. The van der Waals surface area contributed by atoms with Crippen molar-refractivity contribution >= 4 is 33.1 Å². The van der Waals surface area contributed by atoms with Crippen molar-refractivity contribution < 1.29 is 21.9 Å². The number of amides is 1. The molecule has 0 saturated heterocycles. The van der Waals surface area contributed by atoms with Crippen molar-refractivity contribution in [2.45, 2.75) is 0 Å². The van der Waals surface area contributed by atoms with Crippen molar-refractivity contribution in [3.63, 3.8) is 0 Å². The number of rotatable bonds is 4. The number of hydroxylamine groups is 2. The van der Waals surface area contributed by atoms with Crippen LogP contribution in [-0.4, -0.2) is 36.6 Å². The van der Waals surface area contributed by atoms with Gasteiger partial charge in [0, 0.05) is 11.1 Å². The van der Waals surface area contributed by atoms with Crippen molar-refractivity contribution in [1.29, 1.82) is 5.41 Å². The third-order valence-corrected chi connectivity index (χ3v) is 3.81. The van der Waals surface area contributed by atoms with E-state index in [1.165, 1.54) is 18.5 Å². The lowest BCUT2D eigenvalue weighted by atomic mass is 10.0. The molecule has 1 heterocycles. The Balaban J connectivity index is 2.02. The zero-order chi connectivity index (χ0) is 18.9. The van der Waals surface area contributed by atoms with Crippen molar-refractivity contribution in [3.05, 3.63) is 54.4 Å². The van der Waals surface area contributed by atoms with E-state index in [2.05, 4.69) is 9.27 Å². The van der Waals surface area contributed by atoms with E-state index in [1.54, 1.807) is 24.3 Å². The molecule has 0 unspecified atom stereocenters. The lowest BCUT2D eigenvalue weighted by Crippen LogP contribution is -2.42. The Labute approximate surface area is 148 Å². The number of fused-ring (bicyclic) bond motifs is 1. The number of nitrogens with one attached hydrogen (secondary N) is 1. The molecule has 10 heteroatoms. The van der Waals surface area contributed by atoms with E-state index in [4.69, 9.17) is 15.6 Å². The van der Waals surface area contributed by atoms with Crippen LogP contribution in [0.25, 0.3) is 22.2 Å². The second-order valence-electron chi connectivity index (χ2n) is 5.35. The molecule has 3 rings (SSSR count). The number of para-hydroxylation sites is 1. The van der Waals surface area contributed by atoms with E-state index in [0.29, 0.717) is 16.7 Å². The summed E-state index contributed by atoms with van der Waals surface area (Å²) in [7, 11) is -4.04. The number of nitrogens with two attached hydrogens (primary N) is 1. The molecule has 26 heavy (non-hydrogen) atoms. The van der Waals surface area contributed by atoms with Crippen LogP contribution in [0.4, 0.5) is 0 Å². The molecule has 0 saturated carbocycles. The van der Waals surface area contributed by atoms with Crippen LogP contribution in [0.5, 0.6) is 0 Å². The van der Waals surface area contributed by atoms with Crippen molar-refractivity contribution in [2.24, 2.45) is 5.73 Å². The van der Waals surface area contributed by atoms with Gasteiger partial charge in [0.1, 0.15) is 5.52 Å².